The third-order valence-corrected chi connectivity index (χ3v) is 6.05. The summed E-state index contributed by atoms with van der Waals surface area (Å²) in [5.74, 6) is -1.19. The summed E-state index contributed by atoms with van der Waals surface area (Å²) < 4.78 is 37.7. The molecule has 3 aliphatic rings. The van der Waals surface area contributed by atoms with Gasteiger partial charge in [0.25, 0.3) is 0 Å². The number of carboxylic acid groups (broad SMARTS) is 1. The molecule has 1 aromatic rings. The molecule has 2 saturated heterocycles. The fourth-order valence-electron chi connectivity index (χ4n) is 4.34. The lowest BCUT2D eigenvalue weighted by Crippen LogP contribution is -2.51. The van der Waals surface area contributed by atoms with Gasteiger partial charge in [-0.15, -0.1) is 0 Å². The molecule has 9 nitrogen and oxygen atoms in total. The monoisotopic (exact) mass is 459 g/mol. The summed E-state index contributed by atoms with van der Waals surface area (Å²) in [7, 11) is 0. The standard InChI is InChI=1S/C18H27N5O2.C2HF3O2/c24-18(22-14-4-1-2-5-14)23-9-6-13-12-25-16(15(13)11-23)10-21-17-19-7-3-8-20-17;3-2(4,5)1(6)7/h3,7-8,13-16H,1-2,4-6,9-12H2,(H,22,24)(H,19,20,21);(H,6,7)/t13-,15-,16+;/m0./s1. The van der Waals surface area contributed by atoms with Gasteiger partial charge in [0.2, 0.25) is 5.95 Å². The van der Waals surface area contributed by atoms with Crippen LogP contribution in [0.15, 0.2) is 18.5 Å². The van der Waals surface area contributed by atoms with Gasteiger partial charge in [-0.25, -0.2) is 19.6 Å². The van der Waals surface area contributed by atoms with E-state index in [9.17, 15) is 18.0 Å². The van der Waals surface area contributed by atoms with Crippen molar-refractivity contribution in [3.05, 3.63) is 18.5 Å². The Balaban J connectivity index is 0.000000360. The Morgan fingerprint density at radius 3 is 2.47 bits per heavy atom. The highest BCUT2D eigenvalue weighted by Gasteiger charge is 2.42. The molecule has 0 unspecified atom stereocenters. The maximum absolute atomic E-state index is 12.6. The number of ether oxygens (including phenoxy) is 1. The summed E-state index contributed by atoms with van der Waals surface area (Å²) in [6, 6.07) is 2.28. The van der Waals surface area contributed by atoms with Gasteiger partial charge in [0, 0.05) is 44.0 Å². The highest BCUT2D eigenvalue weighted by molar-refractivity contribution is 5.74. The molecule has 3 N–H and O–H groups in total. The second-order valence-electron chi connectivity index (χ2n) is 8.22. The number of amides is 2. The molecule has 0 spiro atoms. The van der Waals surface area contributed by atoms with E-state index in [1.165, 1.54) is 12.8 Å². The molecule has 1 aliphatic carbocycles. The van der Waals surface area contributed by atoms with Gasteiger partial charge in [0.1, 0.15) is 0 Å². The van der Waals surface area contributed by atoms with Crippen molar-refractivity contribution >= 4 is 17.9 Å². The molecule has 178 valence electrons. The minimum Gasteiger partial charge on any atom is -0.475 e. The number of carbonyl (C=O) groups is 2. The van der Waals surface area contributed by atoms with Gasteiger partial charge in [0.05, 0.1) is 12.7 Å². The average molecular weight is 459 g/mol. The van der Waals surface area contributed by atoms with Gasteiger partial charge < -0.3 is 25.4 Å². The first-order valence-electron chi connectivity index (χ1n) is 10.7. The summed E-state index contributed by atoms with van der Waals surface area (Å²) in [5.41, 5.74) is 0. The highest BCUT2D eigenvalue weighted by atomic mass is 19.4. The topological polar surface area (TPSA) is 117 Å². The van der Waals surface area contributed by atoms with E-state index in [4.69, 9.17) is 14.6 Å². The molecule has 0 aromatic carbocycles. The molecule has 1 saturated carbocycles. The van der Waals surface area contributed by atoms with E-state index < -0.39 is 12.1 Å². The van der Waals surface area contributed by atoms with Gasteiger partial charge >= 0.3 is 18.2 Å². The van der Waals surface area contributed by atoms with E-state index in [0.29, 0.717) is 30.4 Å². The van der Waals surface area contributed by atoms with Crippen LogP contribution in [0.3, 0.4) is 0 Å². The van der Waals surface area contributed by atoms with Crippen LogP contribution < -0.4 is 10.6 Å². The van der Waals surface area contributed by atoms with Crippen LogP contribution in [0.1, 0.15) is 32.1 Å². The Morgan fingerprint density at radius 1 is 1.19 bits per heavy atom. The second-order valence-corrected chi connectivity index (χ2v) is 8.22. The van der Waals surface area contributed by atoms with Crippen LogP contribution >= 0.6 is 0 Å². The molecule has 2 aliphatic heterocycles. The maximum Gasteiger partial charge on any atom is 0.490 e. The normalized spacial score (nSPS) is 25.5. The first kappa shape index (κ1) is 24.0. The minimum atomic E-state index is -5.08. The number of nitrogens with zero attached hydrogens (tertiary/aromatic N) is 3. The number of carboxylic acids is 1. The molecule has 3 fully saturated rings. The van der Waals surface area contributed by atoms with Crippen molar-refractivity contribution in [3.8, 4) is 0 Å². The van der Waals surface area contributed by atoms with Crippen molar-refractivity contribution in [3.63, 3.8) is 0 Å². The van der Waals surface area contributed by atoms with Crippen LogP contribution in [0, 0.1) is 11.8 Å². The number of rotatable bonds is 4. The number of aromatic nitrogens is 2. The van der Waals surface area contributed by atoms with Gasteiger partial charge in [-0.3, -0.25) is 0 Å². The lowest BCUT2D eigenvalue weighted by molar-refractivity contribution is -0.192. The quantitative estimate of drug-likeness (QED) is 0.633. The number of piperidine rings is 1. The third kappa shape index (κ3) is 6.68. The van der Waals surface area contributed by atoms with Crippen LogP contribution in [0.5, 0.6) is 0 Å². The summed E-state index contributed by atoms with van der Waals surface area (Å²) in [6.45, 7) is 3.10. The van der Waals surface area contributed by atoms with Crippen molar-refractivity contribution in [2.45, 2.75) is 50.4 Å². The Morgan fingerprint density at radius 2 is 1.84 bits per heavy atom. The molecular weight excluding hydrogens is 431 g/mol. The van der Waals surface area contributed by atoms with Gasteiger partial charge in [0.15, 0.2) is 0 Å². The summed E-state index contributed by atoms with van der Waals surface area (Å²) >= 11 is 0. The van der Waals surface area contributed by atoms with E-state index in [0.717, 1.165) is 39.0 Å². The van der Waals surface area contributed by atoms with E-state index in [2.05, 4.69) is 20.6 Å². The van der Waals surface area contributed by atoms with E-state index in [1.807, 2.05) is 4.90 Å². The molecule has 4 rings (SSSR count). The summed E-state index contributed by atoms with van der Waals surface area (Å²) in [6.07, 6.45) is 4.22. The predicted molar refractivity (Wildman–Crippen MR) is 108 cm³/mol. The summed E-state index contributed by atoms with van der Waals surface area (Å²) in [4.78, 5) is 31.8. The molecule has 1 aromatic heterocycles. The molecule has 3 atom stereocenters. The van der Waals surface area contributed by atoms with Crippen LogP contribution in [0.4, 0.5) is 23.9 Å². The molecule has 32 heavy (non-hydrogen) atoms. The van der Waals surface area contributed by atoms with Crippen LogP contribution in [-0.4, -0.2) is 76.5 Å². The predicted octanol–water partition coefficient (Wildman–Crippen LogP) is 2.51. The third-order valence-electron chi connectivity index (χ3n) is 6.05. The molecule has 3 heterocycles. The average Bonchev–Trinajstić information content (AvgIpc) is 3.42. The first-order valence-corrected chi connectivity index (χ1v) is 10.7. The minimum absolute atomic E-state index is 0.107. The number of hydrogen-bond donors (Lipinski definition) is 3. The number of alkyl halides is 3. The number of anilines is 1. The smallest absolute Gasteiger partial charge is 0.475 e. The number of carbonyl (C=O) groups excluding carboxylic acids is 1. The molecule has 0 bridgehead atoms. The van der Waals surface area contributed by atoms with E-state index >= 15 is 0 Å². The van der Waals surface area contributed by atoms with Crippen molar-refractivity contribution in [1.82, 2.24) is 20.2 Å². The van der Waals surface area contributed by atoms with Crippen molar-refractivity contribution in [2.24, 2.45) is 11.8 Å². The number of halogens is 3. The molecule has 0 radical (unpaired) electrons. The molecule has 2 amide bonds. The fourth-order valence-corrected chi connectivity index (χ4v) is 4.34. The Kier molecular flexibility index (Phi) is 8.10. The van der Waals surface area contributed by atoms with Crippen molar-refractivity contribution in [2.75, 3.05) is 31.6 Å². The lowest BCUT2D eigenvalue weighted by atomic mass is 9.84. The van der Waals surface area contributed by atoms with Gasteiger partial charge in [-0.2, -0.15) is 13.2 Å². The fraction of sp³-hybridized carbons (Fsp3) is 0.700. The van der Waals surface area contributed by atoms with Crippen LogP contribution in [0.25, 0.3) is 0 Å². The van der Waals surface area contributed by atoms with E-state index in [-0.39, 0.29) is 12.1 Å². The van der Waals surface area contributed by atoms with Crippen molar-refractivity contribution in [1.29, 1.82) is 0 Å². The molecular formula is C20H28F3N5O4. The Labute approximate surface area is 183 Å². The number of nitrogens with one attached hydrogen (secondary N) is 2. The number of likely N-dealkylation sites (tertiary alicyclic amines) is 1. The molecule has 12 heteroatoms. The number of urea groups is 1. The largest absolute Gasteiger partial charge is 0.490 e. The van der Waals surface area contributed by atoms with Crippen LogP contribution in [-0.2, 0) is 9.53 Å². The zero-order valence-corrected chi connectivity index (χ0v) is 17.6. The van der Waals surface area contributed by atoms with E-state index in [1.54, 1.807) is 18.5 Å². The number of aliphatic carboxylic acids is 1. The van der Waals surface area contributed by atoms with Gasteiger partial charge in [-0.05, 0) is 31.2 Å². The maximum atomic E-state index is 12.6. The van der Waals surface area contributed by atoms with Crippen molar-refractivity contribution < 1.29 is 32.6 Å². The number of hydrogen-bond acceptors (Lipinski definition) is 6. The second kappa shape index (κ2) is 10.8. The lowest BCUT2D eigenvalue weighted by Gasteiger charge is -2.36. The zero-order chi connectivity index (χ0) is 23.1. The summed E-state index contributed by atoms with van der Waals surface area (Å²) in [5, 5.41) is 13.6. The highest BCUT2D eigenvalue weighted by Crippen LogP contribution is 2.34. The van der Waals surface area contributed by atoms with Crippen LogP contribution in [0.2, 0.25) is 0 Å². The SMILES string of the molecule is O=C(NC1CCCC1)N1CC[C@H]2CO[C@H](CNc3ncccn3)[C@H]2C1.O=C(O)C(F)(F)F. The Bertz CT molecular complexity index is 761. The first-order chi connectivity index (χ1) is 15.2. The Hall–Kier alpha value is -2.63. The van der Waals surface area contributed by atoms with Gasteiger partial charge in [-0.1, -0.05) is 12.8 Å². The zero-order valence-electron chi connectivity index (χ0n) is 17.6. The number of fused-ring (bicyclic) bond motifs is 1.